The van der Waals surface area contributed by atoms with E-state index in [1.54, 1.807) is 4.31 Å². The van der Waals surface area contributed by atoms with E-state index >= 15 is 0 Å². The monoisotopic (exact) mass is 310 g/mol. The second-order valence-electron chi connectivity index (χ2n) is 5.58. The molecule has 1 saturated heterocycles. The van der Waals surface area contributed by atoms with Crippen molar-refractivity contribution in [3.05, 3.63) is 29.3 Å². The average molecular weight is 310 g/mol. The predicted molar refractivity (Wildman–Crippen MR) is 85.8 cm³/mol. The Morgan fingerprint density at radius 3 is 2.52 bits per heavy atom. The standard InChI is InChI=1S/C16H26N2O2S/c1-3-9-17-13-14-7-8-15(4-2)16(12-14)21(19,20)18-10-5-6-11-18/h7-8,12,17H,3-6,9-11,13H2,1-2H3. The molecular weight excluding hydrogens is 284 g/mol. The van der Waals surface area contributed by atoms with Gasteiger partial charge in [-0.15, -0.1) is 0 Å². The van der Waals surface area contributed by atoms with Crippen molar-refractivity contribution >= 4 is 10.0 Å². The summed E-state index contributed by atoms with van der Waals surface area (Å²) in [6.07, 6.45) is 3.76. The third-order valence-corrected chi connectivity index (χ3v) is 5.93. The smallest absolute Gasteiger partial charge is 0.243 e. The van der Waals surface area contributed by atoms with Crippen LogP contribution in [0.4, 0.5) is 0 Å². The van der Waals surface area contributed by atoms with Gasteiger partial charge < -0.3 is 5.32 Å². The van der Waals surface area contributed by atoms with Gasteiger partial charge in [0.05, 0.1) is 4.90 Å². The molecule has 1 aliphatic rings. The molecule has 0 spiro atoms. The lowest BCUT2D eigenvalue weighted by Crippen LogP contribution is -2.29. The van der Waals surface area contributed by atoms with Gasteiger partial charge in [-0.1, -0.05) is 26.0 Å². The molecule has 0 amide bonds. The Labute approximate surface area is 128 Å². The second kappa shape index (κ2) is 7.38. The Morgan fingerprint density at radius 2 is 1.90 bits per heavy atom. The van der Waals surface area contributed by atoms with Crippen LogP contribution in [0.25, 0.3) is 0 Å². The SMILES string of the molecule is CCCNCc1ccc(CC)c(S(=O)(=O)N2CCCC2)c1. The van der Waals surface area contributed by atoms with Gasteiger partial charge in [0.15, 0.2) is 0 Å². The molecule has 4 nitrogen and oxygen atoms in total. The highest BCUT2D eigenvalue weighted by molar-refractivity contribution is 7.89. The van der Waals surface area contributed by atoms with Gasteiger partial charge in [-0.3, -0.25) is 0 Å². The fourth-order valence-electron chi connectivity index (χ4n) is 2.72. The van der Waals surface area contributed by atoms with Crippen LogP contribution in [0.2, 0.25) is 0 Å². The van der Waals surface area contributed by atoms with E-state index in [2.05, 4.69) is 12.2 Å². The summed E-state index contributed by atoms with van der Waals surface area (Å²) in [5.41, 5.74) is 1.96. The summed E-state index contributed by atoms with van der Waals surface area (Å²) in [5.74, 6) is 0. The van der Waals surface area contributed by atoms with Crippen molar-refractivity contribution in [3.63, 3.8) is 0 Å². The molecular formula is C16H26N2O2S. The molecule has 0 radical (unpaired) electrons. The van der Waals surface area contributed by atoms with Crippen LogP contribution in [-0.2, 0) is 23.0 Å². The normalized spacial score (nSPS) is 16.5. The molecule has 0 atom stereocenters. The van der Waals surface area contributed by atoms with Crippen LogP contribution in [0.3, 0.4) is 0 Å². The Morgan fingerprint density at radius 1 is 1.19 bits per heavy atom. The van der Waals surface area contributed by atoms with Crippen molar-refractivity contribution in [1.82, 2.24) is 9.62 Å². The van der Waals surface area contributed by atoms with E-state index in [1.807, 2.05) is 25.1 Å². The topological polar surface area (TPSA) is 49.4 Å². The Kier molecular flexibility index (Phi) is 5.79. The van der Waals surface area contributed by atoms with Crippen LogP contribution in [0.15, 0.2) is 23.1 Å². The summed E-state index contributed by atoms with van der Waals surface area (Å²) in [7, 11) is -3.33. The minimum absolute atomic E-state index is 0.502. The zero-order valence-corrected chi connectivity index (χ0v) is 13.9. The van der Waals surface area contributed by atoms with Gasteiger partial charge in [-0.05, 0) is 49.4 Å². The van der Waals surface area contributed by atoms with Crippen molar-refractivity contribution in [2.45, 2.75) is 51.0 Å². The van der Waals surface area contributed by atoms with Crippen LogP contribution >= 0.6 is 0 Å². The van der Waals surface area contributed by atoms with E-state index in [9.17, 15) is 8.42 Å². The molecule has 0 bridgehead atoms. The highest BCUT2D eigenvalue weighted by atomic mass is 32.2. The summed E-state index contributed by atoms with van der Waals surface area (Å²) in [5, 5.41) is 3.33. The van der Waals surface area contributed by atoms with Gasteiger partial charge in [0, 0.05) is 19.6 Å². The van der Waals surface area contributed by atoms with E-state index < -0.39 is 10.0 Å². The molecule has 1 aliphatic heterocycles. The minimum atomic E-state index is -3.33. The molecule has 0 aromatic heterocycles. The molecule has 118 valence electrons. The van der Waals surface area contributed by atoms with Gasteiger partial charge in [0.2, 0.25) is 10.0 Å². The van der Waals surface area contributed by atoms with Gasteiger partial charge in [0.1, 0.15) is 0 Å². The maximum Gasteiger partial charge on any atom is 0.243 e. The Bertz CT molecular complexity index is 564. The van der Waals surface area contributed by atoms with E-state index in [1.165, 1.54) is 0 Å². The van der Waals surface area contributed by atoms with Crippen molar-refractivity contribution < 1.29 is 8.42 Å². The highest BCUT2D eigenvalue weighted by Crippen LogP contribution is 2.25. The highest BCUT2D eigenvalue weighted by Gasteiger charge is 2.28. The first kappa shape index (κ1) is 16.5. The predicted octanol–water partition coefficient (Wildman–Crippen LogP) is 2.53. The number of rotatable bonds is 7. The molecule has 2 rings (SSSR count). The third kappa shape index (κ3) is 3.84. The zero-order valence-electron chi connectivity index (χ0n) is 13.1. The van der Waals surface area contributed by atoms with Gasteiger partial charge in [0.25, 0.3) is 0 Å². The van der Waals surface area contributed by atoms with Crippen LogP contribution in [-0.4, -0.2) is 32.4 Å². The molecule has 0 aliphatic carbocycles. The second-order valence-corrected chi connectivity index (χ2v) is 7.49. The molecule has 0 unspecified atom stereocenters. The van der Waals surface area contributed by atoms with Crippen LogP contribution in [0.5, 0.6) is 0 Å². The third-order valence-electron chi connectivity index (χ3n) is 3.95. The first-order valence-corrected chi connectivity index (χ1v) is 9.36. The van der Waals surface area contributed by atoms with E-state index in [0.29, 0.717) is 18.0 Å². The molecule has 1 aromatic rings. The number of nitrogens with one attached hydrogen (secondary N) is 1. The molecule has 1 N–H and O–H groups in total. The maximum absolute atomic E-state index is 12.8. The molecule has 0 saturated carbocycles. The number of hydrogen-bond donors (Lipinski definition) is 1. The summed E-state index contributed by atoms with van der Waals surface area (Å²) >= 11 is 0. The zero-order chi connectivity index (χ0) is 15.3. The van der Waals surface area contributed by atoms with Gasteiger partial charge >= 0.3 is 0 Å². The van der Waals surface area contributed by atoms with Crippen molar-refractivity contribution in [1.29, 1.82) is 0 Å². The Hall–Kier alpha value is -0.910. The lowest BCUT2D eigenvalue weighted by molar-refractivity contribution is 0.476. The van der Waals surface area contributed by atoms with Gasteiger partial charge in [-0.25, -0.2) is 8.42 Å². The maximum atomic E-state index is 12.8. The summed E-state index contributed by atoms with van der Waals surface area (Å²) in [4.78, 5) is 0.502. The van der Waals surface area contributed by atoms with Crippen molar-refractivity contribution in [2.24, 2.45) is 0 Å². The lowest BCUT2D eigenvalue weighted by Gasteiger charge is -2.18. The number of aryl methyl sites for hydroxylation is 1. The van der Waals surface area contributed by atoms with E-state index in [4.69, 9.17) is 0 Å². The van der Waals surface area contributed by atoms with Crippen molar-refractivity contribution in [2.75, 3.05) is 19.6 Å². The molecule has 21 heavy (non-hydrogen) atoms. The summed E-state index contributed by atoms with van der Waals surface area (Å²) in [6, 6.07) is 5.85. The number of nitrogens with zero attached hydrogens (tertiary/aromatic N) is 1. The van der Waals surface area contributed by atoms with Crippen LogP contribution in [0.1, 0.15) is 44.2 Å². The molecule has 1 heterocycles. The van der Waals surface area contributed by atoms with Crippen LogP contribution < -0.4 is 5.32 Å². The number of hydrogen-bond acceptors (Lipinski definition) is 3. The van der Waals surface area contributed by atoms with E-state index in [0.717, 1.165) is 49.9 Å². The fourth-order valence-corrected chi connectivity index (χ4v) is 4.58. The van der Waals surface area contributed by atoms with Crippen molar-refractivity contribution in [3.8, 4) is 0 Å². The minimum Gasteiger partial charge on any atom is -0.313 e. The number of sulfonamides is 1. The summed E-state index contributed by atoms with van der Waals surface area (Å²) in [6.45, 7) is 7.11. The van der Waals surface area contributed by atoms with Gasteiger partial charge in [-0.2, -0.15) is 4.31 Å². The van der Waals surface area contributed by atoms with E-state index in [-0.39, 0.29) is 0 Å². The Balaban J connectivity index is 2.28. The molecule has 1 aromatic carbocycles. The first-order valence-electron chi connectivity index (χ1n) is 7.92. The van der Waals surface area contributed by atoms with Crippen LogP contribution in [0, 0.1) is 0 Å². The molecule has 1 fully saturated rings. The summed E-state index contributed by atoms with van der Waals surface area (Å²) < 4.78 is 27.2. The number of benzene rings is 1. The largest absolute Gasteiger partial charge is 0.313 e. The first-order chi connectivity index (χ1) is 10.1. The fraction of sp³-hybridized carbons (Fsp3) is 0.625. The quantitative estimate of drug-likeness (QED) is 0.787. The average Bonchev–Trinajstić information content (AvgIpc) is 3.02. The molecule has 5 heteroatoms. The lowest BCUT2D eigenvalue weighted by atomic mass is 10.1.